The summed E-state index contributed by atoms with van der Waals surface area (Å²) in [6.07, 6.45) is 1.59. The molecule has 0 N–H and O–H groups in total. The van der Waals surface area contributed by atoms with Gasteiger partial charge in [0.1, 0.15) is 13.2 Å². The van der Waals surface area contributed by atoms with Crippen LogP contribution in [0.3, 0.4) is 0 Å². The molecule has 0 bridgehead atoms. The Morgan fingerprint density at radius 3 is 2.86 bits per heavy atom. The van der Waals surface area contributed by atoms with Crippen LogP contribution in [-0.4, -0.2) is 47.0 Å². The Morgan fingerprint density at radius 1 is 1.33 bits per heavy atom. The lowest BCUT2D eigenvalue weighted by molar-refractivity contribution is -0.139. The SMILES string of the molecule is CC1C2CCCN2C(=O)CN1C(=O)OCc1ccccc1. The lowest BCUT2D eigenvalue weighted by atomic mass is 10.0. The van der Waals surface area contributed by atoms with E-state index in [1.54, 1.807) is 4.90 Å². The third-order valence-electron chi connectivity index (χ3n) is 4.41. The van der Waals surface area contributed by atoms with E-state index in [0.717, 1.165) is 24.9 Å². The minimum Gasteiger partial charge on any atom is -0.445 e. The van der Waals surface area contributed by atoms with Gasteiger partial charge < -0.3 is 9.64 Å². The molecule has 0 saturated carbocycles. The van der Waals surface area contributed by atoms with E-state index < -0.39 is 6.09 Å². The topological polar surface area (TPSA) is 49.9 Å². The number of nitrogens with zero attached hydrogens (tertiary/aromatic N) is 2. The molecule has 2 amide bonds. The summed E-state index contributed by atoms with van der Waals surface area (Å²) in [6, 6.07) is 9.74. The van der Waals surface area contributed by atoms with E-state index in [1.807, 2.05) is 42.2 Å². The van der Waals surface area contributed by atoms with Crippen LogP contribution in [0.1, 0.15) is 25.3 Å². The molecule has 0 spiro atoms. The predicted molar refractivity (Wildman–Crippen MR) is 77.5 cm³/mol. The molecule has 5 nitrogen and oxygen atoms in total. The second kappa shape index (κ2) is 5.76. The molecule has 2 heterocycles. The number of ether oxygens (including phenoxy) is 1. The number of benzene rings is 1. The van der Waals surface area contributed by atoms with Gasteiger partial charge in [-0.05, 0) is 25.3 Å². The standard InChI is InChI=1S/C16H20N2O3/c1-12-14-8-5-9-17(14)15(19)10-18(12)16(20)21-11-13-6-3-2-4-7-13/h2-4,6-7,12,14H,5,8-11H2,1H3. The fraction of sp³-hybridized carbons (Fsp3) is 0.500. The van der Waals surface area contributed by atoms with Gasteiger partial charge in [-0.15, -0.1) is 0 Å². The molecule has 5 heteroatoms. The molecule has 2 aliphatic heterocycles. The van der Waals surface area contributed by atoms with E-state index in [-0.39, 0.29) is 31.1 Å². The van der Waals surface area contributed by atoms with E-state index in [2.05, 4.69) is 0 Å². The first-order valence-electron chi connectivity index (χ1n) is 7.43. The molecule has 21 heavy (non-hydrogen) atoms. The van der Waals surface area contributed by atoms with E-state index in [9.17, 15) is 9.59 Å². The van der Waals surface area contributed by atoms with E-state index >= 15 is 0 Å². The van der Waals surface area contributed by atoms with Crippen LogP contribution in [0.5, 0.6) is 0 Å². The third-order valence-corrected chi connectivity index (χ3v) is 4.41. The maximum Gasteiger partial charge on any atom is 0.410 e. The number of carbonyl (C=O) groups excluding carboxylic acids is 2. The van der Waals surface area contributed by atoms with E-state index in [1.165, 1.54) is 0 Å². The second-order valence-electron chi connectivity index (χ2n) is 5.71. The van der Waals surface area contributed by atoms with Crippen molar-refractivity contribution in [2.24, 2.45) is 0 Å². The van der Waals surface area contributed by atoms with Crippen LogP contribution in [0.25, 0.3) is 0 Å². The van der Waals surface area contributed by atoms with Crippen molar-refractivity contribution in [3.8, 4) is 0 Å². The number of hydrogen-bond donors (Lipinski definition) is 0. The van der Waals surface area contributed by atoms with Crippen molar-refractivity contribution >= 4 is 12.0 Å². The van der Waals surface area contributed by atoms with Gasteiger partial charge in [-0.1, -0.05) is 30.3 Å². The van der Waals surface area contributed by atoms with Crippen LogP contribution < -0.4 is 0 Å². The first-order chi connectivity index (χ1) is 10.2. The summed E-state index contributed by atoms with van der Waals surface area (Å²) in [6.45, 7) is 3.19. The molecule has 1 aromatic carbocycles. The van der Waals surface area contributed by atoms with Crippen LogP contribution >= 0.6 is 0 Å². The zero-order chi connectivity index (χ0) is 14.8. The monoisotopic (exact) mass is 288 g/mol. The van der Waals surface area contributed by atoms with Crippen molar-refractivity contribution in [1.82, 2.24) is 9.80 Å². The molecule has 2 atom stereocenters. The number of fused-ring (bicyclic) bond motifs is 1. The van der Waals surface area contributed by atoms with E-state index in [0.29, 0.717) is 0 Å². The molecular formula is C16H20N2O3. The highest BCUT2D eigenvalue weighted by atomic mass is 16.6. The molecule has 2 saturated heterocycles. The Balaban J connectivity index is 1.63. The minimum atomic E-state index is -0.397. The summed E-state index contributed by atoms with van der Waals surface area (Å²) in [5.74, 6) is 0.0345. The van der Waals surface area contributed by atoms with Gasteiger partial charge in [0, 0.05) is 6.54 Å². The van der Waals surface area contributed by atoms with Crippen LogP contribution in [0.4, 0.5) is 4.79 Å². The maximum absolute atomic E-state index is 12.2. The van der Waals surface area contributed by atoms with Crippen molar-refractivity contribution in [2.75, 3.05) is 13.1 Å². The summed E-state index contributed by atoms with van der Waals surface area (Å²) >= 11 is 0. The molecule has 2 unspecified atom stereocenters. The van der Waals surface area contributed by atoms with Crippen molar-refractivity contribution in [3.63, 3.8) is 0 Å². The number of amides is 2. The van der Waals surface area contributed by atoms with Gasteiger partial charge in [0.05, 0.1) is 12.1 Å². The first kappa shape index (κ1) is 13.9. The lowest BCUT2D eigenvalue weighted by Crippen LogP contribution is -2.60. The normalized spacial score (nSPS) is 24.9. The second-order valence-corrected chi connectivity index (χ2v) is 5.71. The van der Waals surface area contributed by atoms with Crippen molar-refractivity contribution in [3.05, 3.63) is 35.9 Å². The summed E-state index contributed by atoms with van der Waals surface area (Å²) in [7, 11) is 0. The Kier molecular flexibility index (Phi) is 3.82. The minimum absolute atomic E-state index is 0.0217. The zero-order valence-electron chi connectivity index (χ0n) is 12.2. The smallest absolute Gasteiger partial charge is 0.410 e. The van der Waals surface area contributed by atoms with Crippen LogP contribution in [0, 0.1) is 0 Å². The predicted octanol–water partition coefficient (Wildman–Crippen LogP) is 2.02. The van der Waals surface area contributed by atoms with Gasteiger partial charge in [0.15, 0.2) is 0 Å². The highest BCUT2D eigenvalue weighted by Gasteiger charge is 2.43. The molecule has 0 aliphatic carbocycles. The maximum atomic E-state index is 12.2. The molecule has 2 fully saturated rings. The lowest BCUT2D eigenvalue weighted by Gasteiger charge is -2.41. The number of carbonyl (C=O) groups is 2. The molecule has 3 rings (SSSR count). The van der Waals surface area contributed by atoms with Crippen LogP contribution in [-0.2, 0) is 16.1 Å². The Hall–Kier alpha value is -2.04. The van der Waals surface area contributed by atoms with Crippen molar-refractivity contribution < 1.29 is 14.3 Å². The van der Waals surface area contributed by atoms with Gasteiger partial charge in [0.2, 0.25) is 5.91 Å². The number of rotatable bonds is 2. The Labute approximate surface area is 124 Å². The van der Waals surface area contributed by atoms with Gasteiger partial charge in [-0.2, -0.15) is 0 Å². The van der Waals surface area contributed by atoms with Crippen LogP contribution in [0.15, 0.2) is 30.3 Å². The third kappa shape index (κ3) is 2.73. The number of piperazine rings is 1. The Morgan fingerprint density at radius 2 is 2.10 bits per heavy atom. The van der Waals surface area contributed by atoms with Gasteiger partial charge in [0.25, 0.3) is 0 Å². The zero-order valence-corrected chi connectivity index (χ0v) is 12.2. The van der Waals surface area contributed by atoms with Crippen LogP contribution in [0.2, 0.25) is 0 Å². The average Bonchev–Trinajstić information content (AvgIpc) is 3.00. The van der Waals surface area contributed by atoms with E-state index in [4.69, 9.17) is 4.74 Å². The average molecular weight is 288 g/mol. The van der Waals surface area contributed by atoms with Crippen molar-refractivity contribution in [2.45, 2.75) is 38.5 Å². The molecule has 1 aromatic rings. The molecule has 112 valence electrons. The van der Waals surface area contributed by atoms with Gasteiger partial charge in [-0.25, -0.2) is 4.79 Å². The molecule has 0 aromatic heterocycles. The highest BCUT2D eigenvalue weighted by molar-refractivity contribution is 5.84. The first-order valence-corrected chi connectivity index (χ1v) is 7.43. The number of hydrogen-bond acceptors (Lipinski definition) is 3. The highest BCUT2D eigenvalue weighted by Crippen LogP contribution is 2.27. The summed E-state index contributed by atoms with van der Waals surface area (Å²) in [5, 5.41) is 0. The summed E-state index contributed by atoms with van der Waals surface area (Å²) in [4.78, 5) is 27.8. The quantitative estimate of drug-likeness (QED) is 0.836. The fourth-order valence-electron chi connectivity index (χ4n) is 3.22. The summed E-state index contributed by atoms with van der Waals surface area (Å²) in [5.41, 5.74) is 0.948. The Bertz CT molecular complexity index is 532. The molecule has 2 aliphatic rings. The van der Waals surface area contributed by atoms with Gasteiger partial charge in [-0.3, -0.25) is 9.69 Å². The molecular weight excluding hydrogens is 268 g/mol. The van der Waals surface area contributed by atoms with Gasteiger partial charge >= 0.3 is 6.09 Å². The molecule has 0 radical (unpaired) electrons. The van der Waals surface area contributed by atoms with Crippen molar-refractivity contribution in [1.29, 1.82) is 0 Å². The largest absolute Gasteiger partial charge is 0.445 e. The fourth-order valence-corrected chi connectivity index (χ4v) is 3.22. The summed E-state index contributed by atoms with van der Waals surface area (Å²) < 4.78 is 5.35.